The lowest BCUT2D eigenvalue weighted by atomic mass is 9.86. The molecule has 3 aromatic rings. The minimum absolute atomic E-state index is 0.0428. The van der Waals surface area contributed by atoms with Gasteiger partial charge in [-0.1, -0.05) is 24.3 Å². The number of benzene rings is 2. The summed E-state index contributed by atoms with van der Waals surface area (Å²) in [6, 6.07) is 13.5. The molecule has 1 aliphatic rings. The zero-order chi connectivity index (χ0) is 25.6. The summed E-state index contributed by atoms with van der Waals surface area (Å²) in [6.07, 6.45) is -1.27. The van der Waals surface area contributed by atoms with Gasteiger partial charge in [-0.2, -0.15) is 23.4 Å². The van der Waals surface area contributed by atoms with Crippen molar-refractivity contribution in [3.63, 3.8) is 0 Å². The first-order valence-corrected chi connectivity index (χ1v) is 11.2. The zero-order valence-corrected chi connectivity index (χ0v) is 19.1. The number of carbonyl (C=O) groups is 2. The number of amides is 2. The third kappa shape index (κ3) is 5.98. The van der Waals surface area contributed by atoms with Gasteiger partial charge >= 0.3 is 6.18 Å². The second kappa shape index (κ2) is 10.7. The largest absolute Gasteiger partial charge is 0.418 e. The average Bonchev–Trinajstić information content (AvgIpc) is 3.37. The number of carbonyl (C=O) groups excluding carboxylic acids is 2. The van der Waals surface area contributed by atoms with Gasteiger partial charge in [0.05, 0.1) is 41.2 Å². The van der Waals surface area contributed by atoms with Crippen LogP contribution >= 0.6 is 0 Å². The lowest BCUT2D eigenvalue weighted by molar-refractivity contribution is -0.137. The highest BCUT2D eigenvalue weighted by Gasteiger charge is 2.42. The summed E-state index contributed by atoms with van der Waals surface area (Å²) in [5.74, 6) is -0.617. The first-order valence-electron chi connectivity index (χ1n) is 11.2. The van der Waals surface area contributed by atoms with E-state index in [4.69, 9.17) is 4.74 Å². The van der Waals surface area contributed by atoms with Crippen molar-refractivity contribution in [3.05, 3.63) is 83.7 Å². The van der Waals surface area contributed by atoms with Gasteiger partial charge in [0.25, 0.3) is 5.91 Å². The van der Waals surface area contributed by atoms with Crippen molar-refractivity contribution in [1.29, 1.82) is 0 Å². The van der Waals surface area contributed by atoms with Gasteiger partial charge in [0, 0.05) is 25.4 Å². The fraction of sp³-hybridized carbons (Fsp3) is 0.280. The quantitative estimate of drug-likeness (QED) is 0.437. The molecule has 11 heteroatoms. The normalized spacial score (nSPS) is 17.4. The maximum Gasteiger partial charge on any atom is 0.418 e. The van der Waals surface area contributed by atoms with E-state index in [-0.39, 0.29) is 37.2 Å². The Labute approximate surface area is 205 Å². The van der Waals surface area contributed by atoms with Gasteiger partial charge in [0.2, 0.25) is 5.91 Å². The van der Waals surface area contributed by atoms with E-state index in [1.54, 1.807) is 24.3 Å². The van der Waals surface area contributed by atoms with Crippen LogP contribution in [0.4, 0.5) is 24.5 Å². The molecule has 0 spiro atoms. The fourth-order valence-electron chi connectivity index (χ4n) is 3.85. The minimum Gasteiger partial charge on any atom is -0.380 e. The first-order chi connectivity index (χ1) is 17.3. The summed E-state index contributed by atoms with van der Waals surface area (Å²) in [5, 5.41) is 15.8. The van der Waals surface area contributed by atoms with Crippen LogP contribution in [-0.4, -0.2) is 41.8 Å². The second-order valence-corrected chi connectivity index (χ2v) is 8.44. The van der Waals surface area contributed by atoms with E-state index < -0.39 is 17.2 Å². The Balaban J connectivity index is 1.35. The predicted octanol–water partition coefficient (Wildman–Crippen LogP) is 3.69. The van der Waals surface area contributed by atoms with Crippen LogP contribution in [0.1, 0.15) is 27.9 Å². The number of halogens is 3. The zero-order valence-electron chi connectivity index (χ0n) is 19.1. The minimum atomic E-state index is -4.47. The van der Waals surface area contributed by atoms with E-state index in [2.05, 4.69) is 26.1 Å². The number of rotatable bonds is 8. The summed E-state index contributed by atoms with van der Waals surface area (Å²) in [4.78, 5) is 25.4. The Morgan fingerprint density at radius 1 is 1.00 bits per heavy atom. The Bertz CT molecular complexity index is 1200. The first kappa shape index (κ1) is 25.1. The second-order valence-electron chi connectivity index (χ2n) is 8.44. The Kier molecular flexibility index (Phi) is 7.49. The third-order valence-corrected chi connectivity index (χ3v) is 5.94. The monoisotopic (exact) mass is 499 g/mol. The van der Waals surface area contributed by atoms with Crippen molar-refractivity contribution in [2.75, 3.05) is 25.1 Å². The molecule has 0 aliphatic carbocycles. The third-order valence-electron chi connectivity index (χ3n) is 5.94. The van der Waals surface area contributed by atoms with Crippen molar-refractivity contribution in [2.24, 2.45) is 5.41 Å². The number of nitrogens with one attached hydrogen (secondary N) is 3. The van der Waals surface area contributed by atoms with Crippen LogP contribution in [0, 0.1) is 5.41 Å². The SMILES string of the molecule is O=C(NC[C@@]1(C(=O)NCc2ccc(Nc3ccccc3C(F)(F)F)cc2)CCOC1)c1ccnnc1. The van der Waals surface area contributed by atoms with Gasteiger partial charge in [-0.05, 0) is 42.3 Å². The maximum atomic E-state index is 13.2. The molecular formula is C25H24F3N5O3. The number of nitrogens with zero attached hydrogens (tertiary/aromatic N) is 2. The standard InChI is InChI=1S/C25H24F3N5O3/c26-25(27,28)20-3-1-2-4-21(20)33-19-7-5-17(6-8-19)13-29-23(35)24(10-12-36-16-24)15-30-22(34)18-9-11-31-32-14-18/h1-9,11,14,33H,10,12-13,15-16H2,(H,29,35)(H,30,34)/t24-/m0/s1. The highest BCUT2D eigenvalue weighted by molar-refractivity contribution is 5.94. The summed E-state index contributed by atoms with van der Waals surface area (Å²) < 4.78 is 45.1. The van der Waals surface area contributed by atoms with Crippen LogP contribution in [0.2, 0.25) is 0 Å². The van der Waals surface area contributed by atoms with E-state index in [0.29, 0.717) is 24.3 Å². The molecule has 1 atom stereocenters. The molecule has 2 heterocycles. The molecule has 0 radical (unpaired) electrons. The number of anilines is 2. The molecule has 1 saturated heterocycles. The Hall–Kier alpha value is -3.99. The van der Waals surface area contributed by atoms with Crippen molar-refractivity contribution < 1.29 is 27.5 Å². The molecule has 2 aromatic carbocycles. The summed E-state index contributed by atoms with van der Waals surface area (Å²) in [5.41, 5.74) is -0.115. The number of hydrogen-bond donors (Lipinski definition) is 3. The van der Waals surface area contributed by atoms with Crippen LogP contribution in [0.3, 0.4) is 0 Å². The van der Waals surface area contributed by atoms with E-state index in [0.717, 1.165) is 11.6 Å². The van der Waals surface area contributed by atoms with Gasteiger partial charge in [-0.3, -0.25) is 9.59 Å². The molecule has 0 bridgehead atoms. The molecule has 1 fully saturated rings. The molecule has 2 amide bonds. The van der Waals surface area contributed by atoms with Crippen LogP contribution < -0.4 is 16.0 Å². The van der Waals surface area contributed by atoms with Crippen molar-refractivity contribution >= 4 is 23.2 Å². The number of alkyl halides is 3. The smallest absolute Gasteiger partial charge is 0.380 e. The van der Waals surface area contributed by atoms with Gasteiger partial charge in [0.1, 0.15) is 0 Å². The van der Waals surface area contributed by atoms with Gasteiger partial charge in [-0.15, -0.1) is 0 Å². The molecule has 1 aliphatic heterocycles. The highest BCUT2D eigenvalue weighted by Crippen LogP contribution is 2.36. The molecule has 4 rings (SSSR count). The summed E-state index contributed by atoms with van der Waals surface area (Å²) >= 11 is 0. The van der Waals surface area contributed by atoms with E-state index in [1.807, 2.05) is 0 Å². The lowest BCUT2D eigenvalue weighted by Gasteiger charge is -2.26. The molecular weight excluding hydrogens is 475 g/mol. The number of hydrogen-bond acceptors (Lipinski definition) is 6. The summed E-state index contributed by atoms with van der Waals surface area (Å²) in [6.45, 7) is 0.888. The van der Waals surface area contributed by atoms with Gasteiger partial charge in [-0.25, -0.2) is 0 Å². The van der Waals surface area contributed by atoms with Gasteiger partial charge < -0.3 is 20.7 Å². The molecule has 3 N–H and O–H groups in total. The summed E-state index contributed by atoms with van der Waals surface area (Å²) in [7, 11) is 0. The highest BCUT2D eigenvalue weighted by atomic mass is 19.4. The number of ether oxygens (including phenoxy) is 1. The predicted molar refractivity (Wildman–Crippen MR) is 125 cm³/mol. The molecule has 188 valence electrons. The van der Waals surface area contributed by atoms with Crippen molar-refractivity contribution in [3.8, 4) is 0 Å². The van der Waals surface area contributed by atoms with Crippen LogP contribution in [0.25, 0.3) is 0 Å². The average molecular weight is 499 g/mol. The Morgan fingerprint density at radius 2 is 1.78 bits per heavy atom. The van der Waals surface area contributed by atoms with Crippen LogP contribution in [0.15, 0.2) is 67.0 Å². The molecule has 1 aromatic heterocycles. The molecule has 36 heavy (non-hydrogen) atoms. The number of aromatic nitrogens is 2. The van der Waals surface area contributed by atoms with E-state index in [9.17, 15) is 22.8 Å². The molecule has 8 nitrogen and oxygen atoms in total. The Morgan fingerprint density at radius 3 is 2.44 bits per heavy atom. The molecule has 0 unspecified atom stereocenters. The lowest BCUT2D eigenvalue weighted by Crippen LogP contribution is -2.48. The van der Waals surface area contributed by atoms with Crippen LogP contribution in [0.5, 0.6) is 0 Å². The van der Waals surface area contributed by atoms with E-state index in [1.165, 1.54) is 36.7 Å². The fourth-order valence-corrected chi connectivity index (χ4v) is 3.85. The molecule has 0 saturated carbocycles. The maximum absolute atomic E-state index is 13.2. The topological polar surface area (TPSA) is 105 Å². The number of para-hydroxylation sites is 1. The van der Waals surface area contributed by atoms with E-state index >= 15 is 0 Å². The van der Waals surface area contributed by atoms with Crippen molar-refractivity contribution in [1.82, 2.24) is 20.8 Å². The van der Waals surface area contributed by atoms with Crippen molar-refractivity contribution in [2.45, 2.75) is 19.1 Å². The van der Waals surface area contributed by atoms with Gasteiger partial charge in [0.15, 0.2) is 0 Å². The van der Waals surface area contributed by atoms with Crippen LogP contribution in [-0.2, 0) is 22.3 Å².